The van der Waals surface area contributed by atoms with Gasteiger partial charge in [0.2, 0.25) is 10.0 Å². The summed E-state index contributed by atoms with van der Waals surface area (Å²) in [7, 11) is -3.65. The van der Waals surface area contributed by atoms with Crippen molar-refractivity contribution in [3.05, 3.63) is 24.3 Å². The highest BCUT2D eigenvalue weighted by Crippen LogP contribution is 2.17. The second-order valence-corrected chi connectivity index (χ2v) is 5.13. The lowest BCUT2D eigenvalue weighted by molar-refractivity contribution is 0.254. The molecule has 0 bridgehead atoms. The van der Waals surface area contributed by atoms with Crippen LogP contribution < -0.4 is 10.5 Å². The Balaban J connectivity index is 2.99. The zero-order chi connectivity index (χ0) is 12.2. The van der Waals surface area contributed by atoms with E-state index in [1.165, 1.54) is 12.1 Å². The van der Waals surface area contributed by atoms with Crippen LogP contribution in [0, 0.1) is 0 Å². The Hall–Kier alpha value is -1.11. The predicted octanol–water partition coefficient (Wildman–Crippen LogP) is 0.318. The average molecular weight is 244 g/mol. The van der Waals surface area contributed by atoms with Gasteiger partial charge in [0, 0.05) is 6.04 Å². The Morgan fingerprint density at radius 2 is 2.06 bits per heavy atom. The van der Waals surface area contributed by atoms with Crippen molar-refractivity contribution in [1.82, 2.24) is 4.72 Å². The second-order valence-electron chi connectivity index (χ2n) is 3.45. The number of anilines is 1. The molecule has 0 aliphatic heterocycles. The number of sulfonamides is 1. The van der Waals surface area contributed by atoms with Crippen molar-refractivity contribution in [2.75, 3.05) is 12.3 Å². The SMILES string of the molecule is CCC(CO)NS(=O)(=O)c1ccccc1N. The summed E-state index contributed by atoms with van der Waals surface area (Å²) in [6.45, 7) is 1.56. The summed E-state index contributed by atoms with van der Waals surface area (Å²) < 4.78 is 26.2. The minimum absolute atomic E-state index is 0.0434. The third-order valence-electron chi connectivity index (χ3n) is 2.24. The number of nitrogens with two attached hydrogens (primary N) is 1. The van der Waals surface area contributed by atoms with Crippen LogP contribution in [-0.2, 0) is 10.0 Å². The van der Waals surface area contributed by atoms with Crippen molar-refractivity contribution in [2.24, 2.45) is 0 Å². The van der Waals surface area contributed by atoms with Gasteiger partial charge in [-0.05, 0) is 18.6 Å². The third-order valence-corrected chi connectivity index (χ3v) is 3.84. The van der Waals surface area contributed by atoms with E-state index in [1.54, 1.807) is 19.1 Å². The summed E-state index contributed by atoms with van der Waals surface area (Å²) in [5.74, 6) is 0. The molecule has 0 aliphatic carbocycles. The van der Waals surface area contributed by atoms with Gasteiger partial charge in [-0.2, -0.15) is 0 Å². The molecule has 0 aromatic heterocycles. The molecule has 6 heteroatoms. The highest BCUT2D eigenvalue weighted by atomic mass is 32.2. The van der Waals surface area contributed by atoms with Crippen LogP contribution in [-0.4, -0.2) is 26.2 Å². The van der Waals surface area contributed by atoms with Gasteiger partial charge in [-0.25, -0.2) is 13.1 Å². The smallest absolute Gasteiger partial charge is 0.242 e. The summed E-state index contributed by atoms with van der Waals surface area (Å²) in [4.78, 5) is 0.0434. The van der Waals surface area contributed by atoms with Crippen LogP contribution in [0.15, 0.2) is 29.2 Å². The first-order valence-corrected chi connectivity index (χ1v) is 6.47. The minimum atomic E-state index is -3.65. The fraction of sp³-hybridized carbons (Fsp3) is 0.400. The van der Waals surface area contributed by atoms with Crippen LogP contribution in [0.4, 0.5) is 5.69 Å². The average Bonchev–Trinajstić information content (AvgIpc) is 2.26. The molecule has 0 heterocycles. The van der Waals surface area contributed by atoms with Gasteiger partial charge in [0.05, 0.1) is 12.3 Å². The van der Waals surface area contributed by atoms with E-state index in [0.717, 1.165) is 0 Å². The Bertz CT molecular complexity index is 441. The highest BCUT2D eigenvalue weighted by molar-refractivity contribution is 7.89. The molecule has 1 rings (SSSR count). The Labute approximate surface area is 95.3 Å². The van der Waals surface area contributed by atoms with Crippen LogP contribution in [0.1, 0.15) is 13.3 Å². The normalized spacial score (nSPS) is 13.6. The molecule has 0 fully saturated rings. The maximum Gasteiger partial charge on any atom is 0.242 e. The van der Waals surface area contributed by atoms with Crippen molar-refractivity contribution < 1.29 is 13.5 Å². The first-order valence-electron chi connectivity index (χ1n) is 4.99. The largest absolute Gasteiger partial charge is 0.398 e. The summed E-state index contributed by atoms with van der Waals surface area (Å²) in [6.07, 6.45) is 0.516. The maximum atomic E-state index is 11.9. The molecule has 0 amide bonds. The molecule has 5 nitrogen and oxygen atoms in total. The summed E-state index contributed by atoms with van der Waals surface area (Å²) in [6, 6.07) is 5.74. The van der Waals surface area contributed by atoms with E-state index >= 15 is 0 Å². The number of nitrogen functional groups attached to an aromatic ring is 1. The van der Waals surface area contributed by atoms with Crippen molar-refractivity contribution >= 4 is 15.7 Å². The molecular weight excluding hydrogens is 228 g/mol. The molecule has 16 heavy (non-hydrogen) atoms. The maximum absolute atomic E-state index is 11.9. The zero-order valence-electron chi connectivity index (χ0n) is 9.05. The molecule has 1 unspecified atom stereocenters. The van der Waals surface area contributed by atoms with E-state index in [9.17, 15) is 8.42 Å². The molecule has 1 aromatic rings. The molecular formula is C10H16N2O3S. The summed E-state index contributed by atoms with van der Waals surface area (Å²) in [5, 5.41) is 8.95. The van der Waals surface area contributed by atoms with Crippen LogP contribution >= 0.6 is 0 Å². The molecule has 90 valence electrons. The van der Waals surface area contributed by atoms with E-state index in [1.807, 2.05) is 0 Å². The fourth-order valence-corrected chi connectivity index (χ4v) is 2.70. The van der Waals surface area contributed by atoms with Gasteiger partial charge >= 0.3 is 0 Å². The number of rotatable bonds is 5. The zero-order valence-corrected chi connectivity index (χ0v) is 9.87. The molecule has 1 aromatic carbocycles. The van der Waals surface area contributed by atoms with Crippen LogP contribution in [0.3, 0.4) is 0 Å². The first kappa shape index (κ1) is 13.0. The number of nitrogens with one attached hydrogen (secondary N) is 1. The van der Waals surface area contributed by atoms with Gasteiger partial charge in [-0.3, -0.25) is 0 Å². The van der Waals surface area contributed by atoms with Gasteiger partial charge in [-0.1, -0.05) is 19.1 Å². The number of aliphatic hydroxyl groups excluding tert-OH is 1. The van der Waals surface area contributed by atoms with Gasteiger partial charge in [0.15, 0.2) is 0 Å². The number of para-hydroxylation sites is 1. The van der Waals surface area contributed by atoms with Crippen molar-refractivity contribution in [2.45, 2.75) is 24.3 Å². The van der Waals surface area contributed by atoms with Crippen LogP contribution in [0.25, 0.3) is 0 Å². The monoisotopic (exact) mass is 244 g/mol. The van der Waals surface area contributed by atoms with E-state index < -0.39 is 16.1 Å². The number of benzene rings is 1. The van der Waals surface area contributed by atoms with Crippen molar-refractivity contribution in [3.8, 4) is 0 Å². The van der Waals surface area contributed by atoms with E-state index in [2.05, 4.69) is 4.72 Å². The quantitative estimate of drug-likeness (QED) is 0.650. The molecule has 1 atom stereocenters. The lowest BCUT2D eigenvalue weighted by Gasteiger charge is -2.15. The highest BCUT2D eigenvalue weighted by Gasteiger charge is 2.20. The molecule has 0 saturated heterocycles. The van der Waals surface area contributed by atoms with Gasteiger partial charge < -0.3 is 10.8 Å². The second kappa shape index (κ2) is 5.29. The van der Waals surface area contributed by atoms with Gasteiger partial charge in [0.25, 0.3) is 0 Å². The number of hydrogen-bond acceptors (Lipinski definition) is 4. The van der Waals surface area contributed by atoms with Gasteiger partial charge in [0.1, 0.15) is 4.90 Å². The molecule has 0 radical (unpaired) electrons. The molecule has 4 N–H and O–H groups in total. The van der Waals surface area contributed by atoms with Crippen LogP contribution in [0.5, 0.6) is 0 Å². The van der Waals surface area contributed by atoms with E-state index in [-0.39, 0.29) is 17.2 Å². The fourth-order valence-electron chi connectivity index (χ4n) is 1.26. The summed E-state index contributed by atoms with van der Waals surface area (Å²) in [5.41, 5.74) is 5.78. The van der Waals surface area contributed by atoms with E-state index in [0.29, 0.717) is 6.42 Å². The Kier molecular flexibility index (Phi) is 4.28. The predicted molar refractivity (Wildman–Crippen MR) is 62.3 cm³/mol. The molecule has 0 aliphatic rings. The van der Waals surface area contributed by atoms with E-state index in [4.69, 9.17) is 10.8 Å². The Morgan fingerprint density at radius 1 is 1.44 bits per heavy atom. The topological polar surface area (TPSA) is 92.4 Å². The summed E-state index contributed by atoms with van der Waals surface area (Å²) >= 11 is 0. The number of aliphatic hydroxyl groups is 1. The van der Waals surface area contributed by atoms with Crippen LogP contribution in [0.2, 0.25) is 0 Å². The standard InChI is InChI=1S/C10H16N2O3S/c1-2-8(7-13)12-16(14,15)10-6-4-3-5-9(10)11/h3-6,8,12-13H,2,7,11H2,1H3. The Morgan fingerprint density at radius 3 is 2.56 bits per heavy atom. The lowest BCUT2D eigenvalue weighted by atomic mass is 10.3. The first-order chi connectivity index (χ1) is 7.51. The molecule has 0 saturated carbocycles. The molecule has 0 spiro atoms. The van der Waals surface area contributed by atoms with Crippen molar-refractivity contribution in [3.63, 3.8) is 0 Å². The number of hydrogen-bond donors (Lipinski definition) is 3. The lowest BCUT2D eigenvalue weighted by Crippen LogP contribution is -2.37. The third kappa shape index (κ3) is 2.94. The van der Waals surface area contributed by atoms with Gasteiger partial charge in [-0.15, -0.1) is 0 Å². The van der Waals surface area contributed by atoms with Crippen molar-refractivity contribution in [1.29, 1.82) is 0 Å². The minimum Gasteiger partial charge on any atom is -0.398 e.